The van der Waals surface area contributed by atoms with E-state index in [1.54, 1.807) is 12.1 Å². The van der Waals surface area contributed by atoms with Gasteiger partial charge in [0.25, 0.3) is 5.69 Å². The van der Waals surface area contributed by atoms with E-state index in [1.807, 2.05) is 66.5 Å². The summed E-state index contributed by atoms with van der Waals surface area (Å²) in [7, 11) is 1.92. The molecule has 1 atom stereocenters. The molecular formula is C20H22N4O2. The Morgan fingerprint density at radius 2 is 1.88 bits per heavy atom. The number of para-hydroxylation sites is 1. The molecule has 0 aromatic heterocycles. The molecule has 2 aromatic rings. The molecular weight excluding hydrogens is 328 g/mol. The van der Waals surface area contributed by atoms with Gasteiger partial charge in [0.05, 0.1) is 16.7 Å². The number of nitrogens with one attached hydrogen (secondary N) is 1. The second kappa shape index (κ2) is 7.41. The van der Waals surface area contributed by atoms with E-state index in [9.17, 15) is 10.1 Å². The maximum Gasteiger partial charge on any atom is 0.271 e. The molecule has 0 aliphatic carbocycles. The van der Waals surface area contributed by atoms with Gasteiger partial charge in [-0.15, -0.1) is 0 Å². The van der Waals surface area contributed by atoms with E-state index >= 15 is 0 Å². The third-order valence-corrected chi connectivity index (χ3v) is 4.71. The highest BCUT2D eigenvalue weighted by molar-refractivity contribution is 5.57. The van der Waals surface area contributed by atoms with Crippen molar-refractivity contribution in [2.75, 3.05) is 17.0 Å². The van der Waals surface area contributed by atoms with Gasteiger partial charge in [-0.25, -0.2) is 5.43 Å². The average molecular weight is 350 g/mol. The Hall–Kier alpha value is -3.12. The zero-order valence-corrected chi connectivity index (χ0v) is 15.1. The molecule has 6 heteroatoms. The summed E-state index contributed by atoms with van der Waals surface area (Å²) in [6, 6.07) is 16.8. The van der Waals surface area contributed by atoms with Gasteiger partial charge in [-0.05, 0) is 43.7 Å². The average Bonchev–Trinajstić information content (AvgIpc) is 3.17. The number of hydrazine groups is 1. The summed E-state index contributed by atoms with van der Waals surface area (Å²) >= 11 is 0. The predicted molar refractivity (Wildman–Crippen MR) is 105 cm³/mol. The molecule has 26 heavy (non-hydrogen) atoms. The quantitative estimate of drug-likeness (QED) is 0.646. The van der Waals surface area contributed by atoms with E-state index in [-0.39, 0.29) is 16.7 Å². The normalized spacial score (nSPS) is 17.2. The summed E-state index contributed by atoms with van der Waals surface area (Å²) in [5.74, 6) is 0. The molecule has 0 saturated carbocycles. The van der Waals surface area contributed by atoms with Crippen LogP contribution in [-0.2, 0) is 0 Å². The van der Waals surface area contributed by atoms with Crippen LogP contribution in [0.4, 0.5) is 17.1 Å². The minimum absolute atomic E-state index is 0.0661. The number of anilines is 2. The molecule has 134 valence electrons. The van der Waals surface area contributed by atoms with Crippen LogP contribution in [-0.4, -0.2) is 18.0 Å². The van der Waals surface area contributed by atoms with Crippen molar-refractivity contribution in [3.63, 3.8) is 0 Å². The summed E-state index contributed by atoms with van der Waals surface area (Å²) in [4.78, 5) is 12.6. The van der Waals surface area contributed by atoms with Crippen LogP contribution in [0, 0.1) is 10.1 Å². The number of allylic oxidation sites excluding steroid dienone is 1. The summed E-state index contributed by atoms with van der Waals surface area (Å²) < 4.78 is 0. The zero-order valence-electron chi connectivity index (χ0n) is 15.1. The topological polar surface area (TPSA) is 61.6 Å². The lowest BCUT2D eigenvalue weighted by Crippen LogP contribution is -2.37. The van der Waals surface area contributed by atoms with E-state index in [2.05, 4.69) is 18.4 Å². The first kappa shape index (κ1) is 17.7. The molecule has 0 amide bonds. The largest absolute Gasteiger partial charge is 0.348 e. The van der Waals surface area contributed by atoms with Crippen LogP contribution < -0.4 is 15.3 Å². The van der Waals surface area contributed by atoms with Crippen LogP contribution >= 0.6 is 0 Å². The molecule has 1 N–H and O–H groups in total. The number of benzene rings is 2. The minimum atomic E-state index is -0.373. The number of rotatable bonds is 5. The molecule has 0 bridgehead atoms. The van der Waals surface area contributed by atoms with E-state index in [0.29, 0.717) is 0 Å². The molecule has 1 unspecified atom stereocenters. The van der Waals surface area contributed by atoms with Crippen molar-refractivity contribution >= 4 is 17.1 Å². The van der Waals surface area contributed by atoms with Gasteiger partial charge in [-0.1, -0.05) is 24.3 Å². The van der Waals surface area contributed by atoms with Gasteiger partial charge < -0.3 is 4.90 Å². The maximum absolute atomic E-state index is 11.0. The number of nitro benzene ring substituents is 1. The van der Waals surface area contributed by atoms with Gasteiger partial charge in [0.15, 0.2) is 0 Å². The molecule has 1 aliphatic rings. The molecule has 2 aromatic carbocycles. The van der Waals surface area contributed by atoms with E-state index in [1.165, 1.54) is 6.07 Å². The van der Waals surface area contributed by atoms with Crippen molar-refractivity contribution in [3.8, 4) is 0 Å². The molecule has 0 radical (unpaired) electrons. The molecule has 0 fully saturated rings. The zero-order chi connectivity index (χ0) is 18.7. The van der Waals surface area contributed by atoms with Crippen LogP contribution in [0.25, 0.3) is 0 Å². The fraction of sp³-hybridized carbons (Fsp3) is 0.200. The summed E-state index contributed by atoms with van der Waals surface area (Å²) in [5.41, 5.74) is 7.60. The summed E-state index contributed by atoms with van der Waals surface area (Å²) in [6.45, 7) is 4.09. The van der Waals surface area contributed by atoms with Gasteiger partial charge in [-0.2, -0.15) is 0 Å². The maximum atomic E-state index is 11.0. The van der Waals surface area contributed by atoms with Crippen molar-refractivity contribution in [2.45, 2.75) is 19.9 Å². The standard InChI is InChI=1S/C20H22N4O2/c1-15(20-12-13-23(21-20)17-8-5-4-6-9-17)16(2)22(3)18-10-7-11-19(14-18)24(25)26/h4-14,20-21H,1-3H3/b16-15+. The Labute approximate surface area is 153 Å². The molecule has 6 nitrogen and oxygen atoms in total. The number of non-ortho nitro benzene ring substituents is 1. The molecule has 0 saturated heterocycles. The Kier molecular flexibility index (Phi) is 5.04. The lowest BCUT2D eigenvalue weighted by Gasteiger charge is -2.26. The fourth-order valence-corrected chi connectivity index (χ4v) is 2.90. The van der Waals surface area contributed by atoms with Crippen molar-refractivity contribution in [1.29, 1.82) is 0 Å². The second-order valence-corrected chi connectivity index (χ2v) is 6.26. The smallest absolute Gasteiger partial charge is 0.271 e. The molecule has 1 heterocycles. The fourth-order valence-electron chi connectivity index (χ4n) is 2.90. The number of hydrogen-bond donors (Lipinski definition) is 1. The van der Waals surface area contributed by atoms with Crippen molar-refractivity contribution in [1.82, 2.24) is 5.43 Å². The number of nitro groups is 1. The van der Waals surface area contributed by atoms with Crippen molar-refractivity contribution in [2.24, 2.45) is 0 Å². The van der Waals surface area contributed by atoms with Crippen LogP contribution in [0.2, 0.25) is 0 Å². The lowest BCUT2D eigenvalue weighted by molar-refractivity contribution is -0.384. The number of hydrogen-bond acceptors (Lipinski definition) is 5. The molecule has 1 aliphatic heterocycles. The van der Waals surface area contributed by atoms with Gasteiger partial charge in [0.1, 0.15) is 0 Å². The van der Waals surface area contributed by atoms with Gasteiger partial charge in [-0.3, -0.25) is 15.1 Å². The third kappa shape index (κ3) is 3.60. The molecule has 0 spiro atoms. The highest BCUT2D eigenvalue weighted by atomic mass is 16.6. The highest BCUT2D eigenvalue weighted by Crippen LogP contribution is 2.26. The van der Waals surface area contributed by atoms with Crippen molar-refractivity contribution in [3.05, 3.63) is 88.3 Å². The monoisotopic (exact) mass is 350 g/mol. The third-order valence-electron chi connectivity index (χ3n) is 4.71. The first-order valence-corrected chi connectivity index (χ1v) is 8.41. The van der Waals surface area contributed by atoms with E-state index < -0.39 is 0 Å². The van der Waals surface area contributed by atoms with Gasteiger partial charge in [0, 0.05) is 36.8 Å². The van der Waals surface area contributed by atoms with Gasteiger partial charge >= 0.3 is 0 Å². The van der Waals surface area contributed by atoms with Crippen LogP contribution in [0.1, 0.15) is 13.8 Å². The van der Waals surface area contributed by atoms with Crippen LogP contribution in [0.15, 0.2) is 78.1 Å². The van der Waals surface area contributed by atoms with Crippen LogP contribution in [0.3, 0.4) is 0 Å². The Bertz CT molecular complexity index is 861. The highest BCUT2D eigenvalue weighted by Gasteiger charge is 2.20. The summed E-state index contributed by atoms with van der Waals surface area (Å²) in [5, 5.41) is 13.0. The van der Waals surface area contributed by atoms with Crippen molar-refractivity contribution < 1.29 is 4.92 Å². The Balaban J connectivity index is 1.78. The van der Waals surface area contributed by atoms with Crippen LogP contribution in [0.5, 0.6) is 0 Å². The second-order valence-electron chi connectivity index (χ2n) is 6.26. The predicted octanol–water partition coefficient (Wildman–Crippen LogP) is 4.23. The van der Waals surface area contributed by atoms with Gasteiger partial charge in [0.2, 0.25) is 0 Å². The SMILES string of the molecule is C/C(=C(/C)N(C)c1cccc([N+](=O)[O-])c1)C1C=CN(c2ccccc2)N1. The molecule has 3 rings (SSSR count). The number of nitrogens with zero attached hydrogens (tertiary/aromatic N) is 3. The Morgan fingerprint density at radius 3 is 2.58 bits per heavy atom. The van der Waals surface area contributed by atoms with E-state index in [0.717, 1.165) is 22.6 Å². The first-order chi connectivity index (χ1) is 12.5. The first-order valence-electron chi connectivity index (χ1n) is 8.41. The van der Waals surface area contributed by atoms with E-state index in [4.69, 9.17) is 0 Å². The minimum Gasteiger partial charge on any atom is -0.348 e. The summed E-state index contributed by atoms with van der Waals surface area (Å²) in [6.07, 6.45) is 4.12. The Morgan fingerprint density at radius 1 is 1.15 bits per heavy atom. The lowest BCUT2D eigenvalue weighted by atomic mass is 10.1.